The van der Waals surface area contributed by atoms with Gasteiger partial charge in [-0.3, -0.25) is 8.87 Å². The summed E-state index contributed by atoms with van der Waals surface area (Å²) in [4.78, 5) is 27.8. The van der Waals surface area contributed by atoms with Crippen LogP contribution in [0.25, 0.3) is 10.9 Å². The van der Waals surface area contributed by atoms with Crippen molar-refractivity contribution in [3.05, 3.63) is 59.0 Å². The lowest BCUT2D eigenvalue weighted by Gasteiger charge is -2.24. The summed E-state index contributed by atoms with van der Waals surface area (Å²) >= 11 is 13.2. The molecule has 3 rings (SSSR count). The molecule has 130 valence electrons. The van der Waals surface area contributed by atoms with E-state index in [1.807, 2.05) is 6.07 Å². The predicted molar refractivity (Wildman–Crippen MR) is 101 cm³/mol. The van der Waals surface area contributed by atoms with Gasteiger partial charge in [-0.25, -0.2) is 9.97 Å². The molecule has 0 unspecified atom stereocenters. The van der Waals surface area contributed by atoms with Crippen LogP contribution in [0, 0.1) is 0 Å². The maximum Gasteiger partial charge on any atom is 0.345 e. The minimum absolute atomic E-state index is 0.436. The topological polar surface area (TPSA) is 86.5 Å². The van der Waals surface area contributed by atoms with Crippen LogP contribution in [0.15, 0.2) is 53.8 Å². The molecule has 1 heterocycles. The van der Waals surface area contributed by atoms with E-state index in [2.05, 4.69) is 9.97 Å². The van der Waals surface area contributed by atoms with Gasteiger partial charge in [-0.2, -0.15) is 0 Å². The van der Waals surface area contributed by atoms with Crippen molar-refractivity contribution in [3.63, 3.8) is 0 Å². The van der Waals surface area contributed by atoms with Gasteiger partial charge in [0.1, 0.15) is 12.6 Å². The molecule has 0 spiro atoms. The summed E-state index contributed by atoms with van der Waals surface area (Å²) in [6, 6.07) is 10.3. The molecule has 0 saturated heterocycles. The van der Waals surface area contributed by atoms with Crippen molar-refractivity contribution >= 4 is 59.3 Å². The first kappa shape index (κ1) is 18.5. The first-order valence-corrected chi connectivity index (χ1v) is 10.3. The molecule has 1 aromatic heterocycles. The van der Waals surface area contributed by atoms with E-state index < -0.39 is 13.9 Å². The van der Waals surface area contributed by atoms with E-state index in [0.717, 1.165) is 17.3 Å². The third-order valence-corrected chi connectivity index (χ3v) is 5.42. The maximum atomic E-state index is 11.6. The van der Waals surface area contributed by atoms with Crippen LogP contribution in [-0.2, 0) is 4.57 Å². The predicted octanol–water partition coefficient (Wildman–Crippen LogP) is 4.59. The Morgan fingerprint density at radius 3 is 2.56 bits per heavy atom. The lowest BCUT2D eigenvalue weighted by Crippen LogP contribution is -2.16. The van der Waals surface area contributed by atoms with Gasteiger partial charge >= 0.3 is 7.60 Å². The van der Waals surface area contributed by atoms with Gasteiger partial charge in [-0.15, -0.1) is 0 Å². The molecule has 0 amide bonds. The Morgan fingerprint density at radius 1 is 1.16 bits per heavy atom. The molecule has 25 heavy (non-hydrogen) atoms. The number of rotatable bonds is 5. The second kappa shape index (κ2) is 7.50. The van der Waals surface area contributed by atoms with Crippen molar-refractivity contribution in [2.45, 2.75) is 4.90 Å². The van der Waals surface area contributed by atoms with E-state index in [-0.39, 0.29) is 0 Å². The zero-order valence-electron chi connectivity index (χ0n) is 12.6. The molecule has 2 aromatic carbocycles. The van der Waals surface area contributed by atoms with Gasteiger partial charge in [0, 0.05) is 26.5 Å². The second-order valence-corrected chi connectivity index (χ2v) is 8.70. The van der Waals surface area contributed by atoms with Crippen LogP contribution in [0.1, 0.15) is 0 Å². The number of aromatic nitrogens is 2. The molecular formula is C15H12Cl2N3O3PS. The van der Waals surface area contributed by atoms with Gasteiger partial charge in [0.25, 0.3) is 0 Å². The molecule has 0 fully saturated rings. The Morgan fingerprint density at radius 2 is 1.88 bits per heavy atom. The Balaban J connectivity index is 2.06. The summed E-state index contributed by atoms with van der Waals surface area (Å²) in [6.45, 7) is 0. The monoisotopic (exact) mass is 415 g/mol. The standard InChI is InChI=1S/C15H12Cl2N3O3PS/c16-11-4-12(17)6-13(5-11)25-20(9-24(21,22)23)14-3-1-2-10-7-18-8-19-15(10)14/h1-8H,9H2,(H2,21,22,23). The highest BCUT2D eigenvalue weighted by Crippen LogP contribution is 2.43. The van der Waals surface area contributed by atoms with Crippen LogP contribution in [-0.4, -0.2) is 26.0 Å². The summed E-state index contributed by atoms with van der Waals surface area (Å²) in [5, 5.41) is 1.64. The third kappa shape index (κ3) is 4.85. The maximum absolute atomic E-state index is 11.6. The second-order valence-electron chi connectivity index (χ2n) is 5.12. The van der Waals surface area contributed by atoms with E-state index in [1.165, 1.54) is 10.6 Å². The SMILES string of the molecule is O=P(O)(O)CN(Sc1cc(Cl)cc(Cl)c1)c1cccc2cncnc12. The molecule has 10 heteroatoms. The van der Waals surface area contributed by atoms with E-state index >= 15 is 0 Å². The number of hydrogen-bond acceptors (Lipinski definition) is 5. The number of para-hydroxylation sites is 1. The largest absolute Gasteiger partial charge is 0.345 e. The molecule has 0 radical (unpaired) electrons. The molecule has 0 aliphatic rings. The molecular weight excluding hydrogens is 404 g/mol. The van der Waals surface area contributed by atoms with Gasteiger partial charge in [-0.1, -0.05) is 35.3 Å². The Kier molecular flexibility index (Phi) is 5.53. The van der Waals surface area contributed by atoms with Crippen molar-refractivity contribution in [3.8, 4) is 0 Å². The number of benzene rings is 2. The molecule has 0 aliphatic heterocycles. The van der Waals surface area contributed by atoms with Gasteiger partial charge in [0.15, 0.2) is 0 Å². The molecule has 0 saturated carbocycles. The molecule has 3 aromatic rings. The Bertz CT molecular complexity index is 944. The number of fused-ring (bicyclic) bond motifs is 1. The van der Waals surface area contributed by atoms with E-state index in [4.69, 9.17) is 23.2 Å². The minimum Gasteiger partial charge on any atom is -0.323 e. The zero-order valence-corrected chi connectivity index (χ0v) is 15.8. The summed E-state index contributed by atoms with van der Waals surface area (Å²) < 4.78 is 13.1. The van der Waals surface area contributed by atoms with Gasteiger partial charge in [0.2, 0.25) is 0 Å². The molecule has 0 bridgehead atoms. The highest BCUT2D eigenvalue weighted by Gasteiger charge is 2.23. The minimum atomic E-state index is -4.33. The lowest BCUT2D eigenvalue weighted by atomic mass is 10.2. The third-order valence-electron chi connectivity index (χ3n) is 3.15. The van der Waals surface area contributed by atoms with Crippen LogP contribution in [0.4, 0.5) is 5.69 Å². The summed E-state index contributed by atoms with van der Waals surface area (Å²) in [5.41, 5.74) is 1.15. The highest BCUT2D eigenvalue weighted by molar-refractivity contribution is 8.01. The van der Waals surface area contributed by atoms with Crippen molar-refractivity contribution < 1.29 is 14.4 Å². The fourth-order valence-corrected chi connectivity index (χ4v) is 4.91. The Hall–Kier alpha value is -1.34. The molecule has 6 nitrogen and oxygen atoms in total. The number of halogens is 2. The Labute approximate surface area is 158 Å². The van der Waals surface area contributed by atoms with Gasteiger partial charge in [-0.05, 0) is 36.2 Å². The van der Waals surface area contributed by atoms with Crippen LogP contribution in [0.5, 0.6) is 0 Å². The number of anilines is 1. The first-order valence-electron chi connectivity index (χ1n) is 6.97. The van der Waals surface area contributed by atoms with Crippen molar-refractivity contribution in [1.82, 2.24) is 9.97 Å². The number of hydrogen-bond donors (Lipinski definition) is 2. The van der Waals surface area contributed by atoms with Crippen molar-refractivity contribution in [2.24, 2.45) is 0 Å². The van der Waals surface area contributed by atoms with E-state index in [9.17, 15) is 14.4 Å². The first-order chi connectivity index (χ1) is 11.8. The lowest BCUT2D eigenvalue weighted by molar-refractivity contribution is 0.374. The van der Waals surface area contributed by atoms with Gasteiger partial charge in [0.05, 0.1) is 11.2 Å². The van der Waals surface area contributed by atoms with Crippen LogP contribution < -0.4 is 4.31 Å². The zero-order chi connectivity index (χ0) is 18.0. The quantitative estimate of drug-likeness (QED) is 0.465. The highest BCUT2D eigenvalue weighted by atomic mass is 35.5. The van der Waals surface area contributed by atoms with Crippen molar-refractivity contribution in [2.75, 3.05) is 10.6 Å². The molecule has 2 N–H and O–H groups in total. The average molecular weight is 416 g/mol. The van der Waals surface area contributed by atoms with Crippen LogP contribution >= 0.6 is 42.7 Å². The van der Waals surface area contributed by atoms with Crippen LogP contribution in [0.3, 0.4) is 0 Å². The summed E-state index contributed by atoms with van der Waals surface area (Å²) in [7, 11) is -4.33. The molecule has 0 atom stereocenters. The van der Waals surface area contributed by atoms with Crippen molar-refractivity contribution in [1.29, 1.82) is 0 Å². The van der Waals surface area contributed by atoms with Gasteiger partial charge < -0.3 is 9.79 Å². The fraction of sp³-hybridized carbons (Fsp3) is 0.0667. The van der Waals surface area contributed by atoms with E-state index in [1.54, 1.807) is 36.5 Å². The smallest absolute Gasteiger partial charge is 0.323 e. The van der Waals surface area contributed by atoms with E-state index in [0.29, 0.717) is 26.1 Å². The normalized spacial score (nSPS) is 11.7. The number of nitrogens with zero attached hydrogens (tertiary/aromatic N) is 3. The van der Waals surface area contributed by atoms with Crippen LogP contribution in [0.2, 0.25) is 10.0 Å². The average Bonchev–Trinajstić information content (AvgIpc) is 2.51. The summed E-state index contributed by atoms with van der Waals surface area (Å²) in [5.74, 6) is 0. The summed E-state index contributed by atoms with van der Waals surface area (Å²) in [6.07, 6.45) is 2.54. The molecule has 0 aliphatic carbocycles. The fourth-order valence-electron chi connectivity index (χ4n) is 2.23.